The Kier molecular flexibility index (Phi) is 6.44. The number of rotatable bonds is 7. The van der Waals surface area contributed by atoms with Crippen LogP contribution in [-0.2, 0) is 6.54 Å². The van der Waals surface area contributed by atoms with Gasteiger partial charge in [-0.25, -0.2) is 5.01 Å². The molecule has 1 heterocycles. The van der Waals surface area contributed by atoms with Gasteiger partial charge in [-0.3, -0.25) is 0 Å². The fourth-order valence-electron chi connectivity index (χ4n) is 4.90. The van der Waals surface area contributed by atoms with Crippen molar-refractivity contribution in [1.29, 1.82) is 0 Å². The molecule has 1 atom stereocenters. The predicted octanol–water partition coefficient (Wildman–Crippen LogP) is 7.71. The summed E-state index contributed by atoms with van der Waals surface area (Å²) in [6, 6.07) is 49.2. The highest BCUT2D eigenvalue weighted by Crippen LogP contribution is 2.32. The van der Waals surface area contributed by atoms with Gasteiger partial charge in [0.25, 0.3) is 0 Å². The smallest absolute Gasteiger partial charge is 0.213 e. The molecule has 5 aromatic rings. The molecule has 5 aromatic carbocycles. The van der Waals surface area contributed by atoms with Crippen molar-refractivity contribution in [1.82, 2.24) is 9.91 Å². The SMILES string of the molecule is [C+]1=NN(C(c2ccccc2)c2ccc(-c3ccccc3)cc2)CN1Cc1ccc(-c2ccccc2)cc1. The lowest BCUT2D eigenvalue weighted by atomic mass is 9.96. The van der Waals surface area contributed by atoms with Crippen LogP contribution < -0.4 is 0 Å². The molecule has 6 rings (SSSR count). The van der Waals surface area contributed by atoms with E-state index >= 15 is 0 Å². The first kappa shape index (κ1) is 22.7. The van der Waals surface area contributed by atoms with Crippen LogP contribution in [0, 0.1) is 0 Å². The summed E-state index contributed by atoms with van der Waals surface area (Å²) in [5.41, 5.74) is 8.58. The lowest BCUT2D eigenvalue weighted by Gasteiger charge is -2.24. The molecule has 0 radical (unpaired) electrons. The highest BCUT2D eigenvalue weighted by Gasteiger charge is 2.34. The van der Waals surface area contributed by atoms with E-state index in [1.165, 1.54) is 38.9 Å². The average Bonchev–Trinajstić information content (AvgIpc) is 3.43. The maximum absolute atomic E-state index is 4.72. The van der Waals surface area contributed by atoms with Gasteiger partial charge in [0, 0.05) is 0 Å². The molecule has 0 bridgehead atoms. The van der Waals surface area contributed by atoms with Gasteiger partial charge in [-0.05, 0) is 38.9 Å². The normalized spacial score (nSPS) is 13.4. The van der Waals surface area contributed by atoms with Crippen molar-refractivity contribution in [2.45, 2.75) is 12.6 Å². The first-order valence-electron chi connectivity index (χ1n) is 12.7. The minimum absolute atomic E-state index is 0.0176. The van der Waals surface area contributed by atoms with E-state index in [1.54, 1.807) is 0 Å². The number of benzene rings is 5. The molecule has 178 valence electrons. The molecule has 1 aliphatic rings. The van der Waals surface area contributed by atoms with Crippen LogP contribution in [0.3, 0.4) is 0 Å². The number of hydrogen-bond acceptors (Lipinski definition) is 3. The molecule has 1 aliphatic heterocycles. The Hall–Kier alpha value is -4.72. The fraction of sp³-hybridized carbons (Fsp3) is 0.0882. The molecule has 0 saturated carbocycles. The Balaban J connectivity index is 1.19. The van der Waals surface area contributed by atoms with Gasteiger partial charge in [-0.1, -0.05) is 140 Å². The molecule has 1 unspecified atom stereocenters. The minimum Gasteiger partial charge on any atom is -0.213 e. The standard InChI is InChI=1S/C34H28N3/c1-4-10-28(11-5-1)30-18-16-27(17-19-30)24-36-25-35-37(26-36)34(32-14-8-3-9-15-32)33-22-20-31(21-23-33)29-12-6-2-7-13-29/h1-23,34H,24,26H2/q+1. The largest absolute Gasteiger partial charge is 0.544 e. The Bertz CT molecular complexity index is 1450. The summed E-state index contributed by atoms with van der Waals surface area (Å²) in [5, 5.41) is 6.85. The van der Waals surface area contributed by atoms with Gasteiger partial charge in [0.1, 0.15) is 11.1 Å². The lowest BCUT2D eigenvalue weighted by molar-refractivity contribution is 0.193. The number of hydrazone groups is 1. The van der Waals surface area contributed by atoms with E-state index in [-0.39, 0.29) is 6.04 Å². The average molecular weight is 479 g/mol. The van der Waals surface area contributed by atoms with Gasteiger partial charge in [-0.15, -0.1) is 4.90 Å². The van der Waals surface area contributed by atoms with Crippen LogP contribution in [0.5, 0.6) is 0 Å². The van der Waals surface area contributed by atoms with Gasteiger partial charge < -0.3 is 0 Å². The van der Waals surface area contributed by atoms with Crippen molar-refractivity contribution in [2.75, 3.05) is 6.67 Å². The second-order valence-electron chi connectivity index (χ2n) is 9.34. The van der Waals surface area contributed by atoms with Crippen LogP contribution in [0.15, 0.2) is 145 Å². The monoisotopic (exact) mass is 478 g/mol. The summed E-state index contributed by atoms with van der Waals surface area (Å²) >= 11 is 0. The van der Waals surface area contributed by atoms with Crippen LogP contribution in [0.4, 0.5) is 0 Å². The Morgan fingerprint density at radius 1 is 0.541 bits per heavy atom. The van der Waals surface area contributed by atoms with E-state index in [0.717, 1.165) is 6.54 Å². The summed E-state index contributed by atoms with van der Waals surface area (Å²) in [4.78, 5) is 2.14. The summed E-state index contributed by atoms with van der Waals surface area (Å²) in [6.07, 6.45) is 3.24. The van der Waals surface area contributed by atoms with Crippen molar-refractivity contribution < 1.29 is 0 Å². The first-order chi connectivity index (χ1) is 18.3. The third-order valence-corrected chi connectivity index (χ3v) is 6.81. The second-order valence-corrected chi connectivity index (χ2v) is 9.34. The van der Waals surface area contributed by atoms with E-state index < -0.39 is 0 Å². The molecule has 0 spiro atoms. The van der Waals surface area contributed by atoms with Crippen molar-refractivity contribution >= 4 is 6.34 Å². The fourth-order valence-corrected chi connectivity index (χ4v) is 4.90. The van der Waals surface area contributed by atoms with Crippen LogP contribution in [0.25, 0.3) is 22.3 Å². The molecule has 0 fully saturated rings. The topological polar surface area (TPSA) is 18.8 Å². The van der Waals surface area contributed by atoms with Crippen molar-refractivity contribution in [3.8, 4) is 22.3 Å². The molecule has 0 aliphatic carbocycles. The number of nitrogens with zero attached hydrogens (tertiary/aromatic N) is 3. The summed E-state index contributed by atoms with van der Waals surface area (Å²) in [7, 11) is 0. The zero-order valence-electron chi connectivity index (χ0n) is 20.6. The molecule has 0 amide bonds. The van der Waals surface area contributed by atoms with Gasteiger partial charge >= 0.3 is 6.34 Å². The van der Waals surface area contributed by atoms with Crippen molar-refractivity contribution in [3.05, 3.63) is 156 Å². The zero-order valence-corrected chi connectivity index (χ0v) is 20.6. The van der Waals surface area contributed by atoms with E-state index in [2.05, 4.69) is 150 Å². The maximum atomic E-state index is 4.72. The summed E-state index contributed by atoms with van der Waals surface area (Å²) in [5.74, 6) is 0. The van der Waals surface area contributed by atoms with E-state index in [0.29, 0.717) is 6.67 Å². The molecule has 3 heteroatoms. The Morgan fingerprint density at radius 2 is 1.00 bits per heavy atom. The zero-order chi connectivity index (χ0) is 24.9. The van der Waals surface area contributed by atoms with Crippen molar-refractivity contribution in [3.63, 3.8) is 0 Å². The van der Waals surface area contributed by atoms with Crippen LogP contribution in [0.2, 0.25) is 0 Å². The molecule has 37 heavy (non-hydrogen) atoms. The summed E-state index contributed by atoms with van der Waals surface area (Å²) in [6.45, 7) is 1.45. The van der Waals surface area contributed by atoms with Gasteiger partial charge in [0.05, 0.1) is 6.54 Å². The van der Waals surface area contributed by atoms with Crippen LogP contribution in [0.1, 0.15) is 22.7 Å². The number of hydrogen-bond donors (Lipinski definition) is 0. The lowest BCUT2D eigenvalue weighted by Crippen LogP contribution is -2.30. The maximum Gasteiger partial charge on any atom is 0.544 e. The van der Waals surface area contributed by atoms with Gasteiger partial charge in [-0.2, -0.15) is 0 Å². The molecule has 0 saturated heterocycles. The second kappa shape index (κ2) is 10.5. The highest BCUT2D eigenvalue weighted by atomic mass is 15.6. The van der Waals surface area contributed by atoms with Crippen LogP contribution in [-0.4, -0.2) is 22.9 Å². The van der Waals surface area contributed by atoms with Gasteiger partial charge in [0.15, 0.2) is 6.67 Å². The van der Waals surface area contributed by atoms with E-state index in [9.17, 15) is 0 Å². The molecule has 0 aromatic heterocycles. The summed E-state index contributed by atoms with van der Waals surface area (Å²) < 4.78 is 0. The molecule has 3 nitrogen and oxygen atoms in total. The quantitative estimate of drug-likeness (QED) is 0.223. The minimum atomic E-state index is 0.0176. The van der Waals surface area contributed by atoms with Gasteiger partial charge in [0.2, 0.25) is 0 Å². The molecular weight excluding hydrogens is 450 g/mol. The third-order valence-electron chi connectivity index (χ3n) is 6.81. The van der Waals surface area contributed by atoms with E-state index in [1.807, 2.05) is 6.07 Å². The van der Waals surface area contributed by atoms with Crippen molar-refractivity contribution in [2.24, 2.45) is 5.10 Å². The highest BCUT2D eigenvalue weighted by molar-refractivity contribution is 5.65. The van der Waals surface area contributed by atoms with E-state index in [4.69, 9.17) is 5.10 Å². The third kappa shape index (κ3) is 5.13. The Morgan fingerprint density at radius 3 is 1.57 bits per heavy atom. The predicted molar refractivity (Wildman–Crippen MR) is 152 cm³/mol. The Labute approximate surface area is 218 Å². The first-order valence-corrected chi connectivity index (χ1v) is 12.7. The molecule has 0 N–H and O–H groups in total. The van der Waals surface area contributed by atoms with Crippen LogP contribution >= 0.6 is 0 Å². The molecular formula is C34H28N3+.